The largest absolute Gasteiger partial charge is 0.343 e. The van der Waals surface area contributed by atoms with E-state index in [1.54, 1.807) is 0 Å². The molecular formula is C18H26N2O. The van der Waals surface area contributed by atoms with Crippen molar-refractivity contribution < 1.29 is 4.79 Å². The van der Waals surface area contributed by atoms with Crippen molar-refractivity contribution in [1.29, 1.82) is 5.26 Å². The van der Waals surface area contributed by atoms with Gasteiger partial charge in [-0.1, -0.05) is 37.6 Å². The van der Waals surface area contributed by atoms with Crippen molar-refractivity contribution in [3.63, 3.8) is 0 Å². The molecule has 114 valence electrons. The Bertz CT molecular complexity index is 510. The zero-order valence-electron chi connectivity index (χ0n) is 13.6. The normalized spacial score (nSPS) is 11.8. The van der Waals surface area contributed by atoms with Gasteiger partial charge in [0.05, 0.1) is 12.0 Å². The molecular weight excluding hydrogens is 260 g/mol. The average Bonchev–Trinajstić information content (AvgIpc) is 2.47. The number of carbonyl (C=O) groups is 1. The van der Waals surface area contributed by atoms with Crippen LogP contribution in [0.3, 0.4) is 0 Å². The molecule has 1 rings (SSSR count). The van der Waals surface area contributed by atoms with Crippen molar-refractivity contribution in [2.24, 2.45) is 0 Å². The lowest BCUT2D eigenvalue weighted by Crippen LogP contribution is -2.33. The number of nitrogens with zero attached hydrogens (tertiary/aromatic N) is 2. The molecule has 1 atom stereocenters. The molecule has 0 aliphatic rings. The van der Waals surface area contributed by atoms with Crippen molar-refractivity contribution in [2.45, 2.75) is 52.9 Å². The summed E-state index contributed by atoms with van der Waals surface area (Å²) in [7, 11) is 0. The van der Waals surface area contributed by atoms with Crippen LogP contribution in [0.2, 0.25) is 0 Å². The maximum atomic E-state index is 12.4. The number of aryl methyl sites for hydroxylation is 2. The zero-order chi connectivity index (χ0) is 15.8. The van der Waals surface area contributed by atoms with Crippen LogP contribution in [-0.2, 0) is 4.79 Å². The Morgan fingerprint density at radius 3 is 2.38 bits per heavy atom. The first-order valence-electron chi connectivity index (χ1n) is 7.78. The van der Waals surface area contributed by atoms with Crippen LogP contribution >= 0.6 is 0 Å². The van der Waals surface area contributed by atoms with Gasteiger partial charge in [-0.15, -0.1) is 0 Å². The molecule has 0 aliphatic heterocycles. The Morgan fingerprint density at radius 2 is 1.86 bits per heavy atom. The van der Waals surface area contributed by atoms with Crippen LogP contribution in [0.4, 0.5) is 0 Å². The molecule has 0 bridgehead atoms. The smallest absolute Gasteiger partial charge is 0.224 e. The second-order valence-electron chi connectivity index (χ2n) is 5.63. The first-order valence-corrected chi connectivity index (χ1v) is 7.78. The van der Waals surface area contributed by atoms with Crippen LogP contribution in [-0.4, -0.2) is 23.9 Å². The maximum absolute atomic E-state index is 12.4. The molecule has 21 heavy (non-hydrogen) atoms. The number of benzene rings is 1. The van der Waals surface area contributed by atoms with Gasteiger partial charge in [0.1, 0.15) is 0 Å². The Kier molecular flexibility index (Phi) is 6.94. The average molecular weight is 286 g/mol. The predicted octanol–water partition coefficient (Wildman–Crippen LogP) is 3.95. The number of carbonyl (C=O) groups excluding carboxylic acids is 1. The lowest BCUT2D eigenvalue weighted by Gasteiger charge is -2.23. The van der Waals surface area contributed by atoms with Gasteiger partial charge in [-0.05, 0) is 37.8 Å². The molecule has 1 amide bonds. The topological polar surface area (TPSA) is 44.1 Å². The summed E-state index contributed by atoms with van der Waals surface area (Å²) in [5, 5.41) is 9.46. The Labute approximate surface area is 128 Å². The molecule has 0 radical (unpaired) electrons. The minimum Gasteiger partial charge on any atom is -0.343 e. The molecule has 3 nitrogen and oxygen atoms in total. The summed E-state index contributed by atoms with van der Waals surface area (Å²) in [5.74, 6) is -0.264. The highest BCUT2D eigenvalue weighted by Crippen LogP contribution is 2.24. The molecule has 3 heteroatoms. The standard InChI is InChI=1S/C18H26N2O/c1-5-9-20(10-6-2)18(21)12-16(13-19)17-11-14(3)7-8-15(17)4/h7-8,11,16H,5-6,9-10,12H2,1-4H3. The third-order valence-electron chi connectivity index (χ3n) is 3.68. The predicted molar refractivity (Wildman–Crippen MR) is 86.0 cm³/mol. The molecule has 0 spiro atoms. The Morgan fingerprint density at radius 1 is 1.24 bits per heavy atom. The van der Waals surface area contributed by atoms with E-state index in [1.807, 2.05) is 36.9 Å². The van der Waals surface area contributed by atoms with Gasteiger partial charge in [-0.3, -0.25) is 4.79 Å². The molecule has 0 saturated heterocycles. The second kappa shape index (κ2) is 8.46. The Balaban J connectivity index is 2.89. The van der Waals surface area contributed by atoms with Crippen LogP contribution < -0.4 is 0 Å². The van der Waals surface area contributed by atoms with Crippen LogP contribution in [0, 0.1) is 25.2 Å². The van der Waals surface area contributed by atoms with Gasteiger partial charge in [0.25, 0.3) is 0 Å². The van der Waals surface area contributed by atoms with Gasteiger partial charge >= 0.3 is 0 Å². The highest BCUT2D eigenvalue weighted by molar-refractivity contribution is 5.77. The van der Waals surface area contributed by atoms with Crippen molar-refractivity contribution in [3.8, 4) is 6.07 Å². The molecule has 0 saturated carbocycles. The summed E-state index contributed by atoms with van der Waals surface area (Å²) in [6.45, 7) is 9.71. The van der Waals surface area contributed by atoms with Crippen molar-refractivity contribution in [3.05, 3.63) is 34.9 Å². The van der Waals surface area contributed by atoms with E-state index in [4.69, 9.17) is 0 Å². The van der Waals surface area contributed by atoms with E-state index in [0.717, 1.165) is 42.6 Å². The van der Waals surface area contributed by atoms with Gasteiger partial charge in [0.15, 0.2) is 0 Å². The SMILES string of the molecule is CCCN(CCC)C(=O)CC(C#N)c1cc(C)ccc1C. The van der Waals surface area contributed by atoms with E-state index in [-0.39, 0.29) is 18.2 Å². The summed E-state index contributed by atoms with van der Waals surface area (Å²) in [6, 6.07) is 8.40. The molecule has 1 unspecified atom stereocenters. The first kappa shape index (κ1) is 17.2. The monoisotopic (exact) mass is 286 g/mol. The fourth-order valence-electron chi connectivity index (χ4n) is 2.57. The van der Waals surface area contributed by atoms with Crippen LogP contribution in [0.15, 0.2) is 18.2 Å². The van der Waals surface area contributed by atoms with Crippen molar-refractivity contribution >= 4 is 5.91 Å². The summed E-state index contributed by atoms with van der Waals surface area (Å²) < 4.78 is 0. The highest BCUT2D eigenvalue weighted by atomic mass is 16.2. The van der Waals surface area contributed by atoms with Gasteiger partial charge in [-0.2, -0.15) is 5.26 Å². The minimum absolute atomic E-state index is 0.0890. The molecule has 0 fully saturated rings. The molecule has 1 aromatic rings. The van der Waals surface area contributed by atoms with Crippen molar-refractivity contribution in [2.75, 3.05) is 13.1 Å². The molecule has 0 aliphatic carbocycles. The minimum atomic E-state index is -0.353. The fourth-order valence-corrected chi connectivity index (χ4v) is 2.57. The quantitative estimate of drug-likeness (QED) is 0.761. The second-order valence-corrected chi connectivity index (χ2v) is 5.63. The maximum Gasteiger partial charge on any atom is 0.224 e. The number of nitriles is 1. The van der Waals surface area contributed by atoms with E-state index in [0.29, 0.717) is 0 Å². The summed E-state index contributed by atoms with van der Waals surface area (Å²) in [6.07, 6.45) is 2.18. The summed E-state index contributed by atoms with van der Waals surface area (Å²) >= 11 is 0. The highest BCUT2D eigenvalue weighted by Gasteiger charge is 2.21. The van der Waals surface area contributed by atoms with Crippen molar-refractivity contribution in [1.82, 2.24) is 4.90 Å². The molecule has 1 aromatic carbocycles. The van der Waals surface area contributed by atoms with E-state index < -0.39 is 0 Å². The van der Waals surface area contributed by atoms with Gasteiger partial charge in [0.2, 0.25) is 5.91 Å². The lowest BCUT2D eigenvalue weighted by atomic mass is 9.91. The van der Waals surface area contributed by atoms with Crippen LogP contribution in [0.1, 0.15) is 55.7 Å². The number of rotatable bonds is 7. The van der Waals surface area contributed by atoms with Gasteiger partial charge in [0, 0.05) is 19.5 Å². The molecule has 0 N–H and O–H groups in total. The zero-order valence-corrected chi connectivity index (χ0v) is 13.6. The van der Waals surface area contributed by atoms with Gasteiger partial charge in [-0.25, -0.2) is 0 Å². The lowest BCUT2D eigenvalue weighted by molar-refractivity contribution is -0.131. The van der Waals surface area contributed by atoms with Gasteiger partial charge < -0.3 is 4.90 Å². The number of hydrogen-bond donors (Lipinski definition) is 0. The number of hydrogen-bond acceptors (Lipinski definition) is 2. The van der Waals surface area contributed by atoms with E-state index in [2.05, 4.69) is 19.9 Å². The van der Waals surface area contributed by atoms with E-state index in [9.17, 15) is 10.1 Å². The van der Waals surface area contributed by atoms with E-state index in [1.165, 1.54) is 0 Å². The molecule has 0 aromatic heterocycles. The first-order chi connectivity index (χ1) is 10.0. The van der Waals surface area contributed by atoms with Crippen LogP contribution in [0.25, 0.3) is 0 Å². The van der Waals surface area contributed by atoms with E-state index >= 15 is 0 Å². The summed E-state index contributed by atoms with van der Waals surface area (Å²) in [5.41, 5.74) is 3.19. The molecule has 0 heterocycles. The Hall–Kier alpha value is -1.82. The number of amides is 1. The third kappa shape index (κ3) is 4.90. The van der Waals surface area contributed by atoms with Crippen LogP contribution in [0.5, 0.6) is 0 Å². The summed E-state index contributed by atoms with van der Waals surface area (Å²) in [4.78, 5) is 14.3. The fraction of sp³-hybridized carbons (Fsp3) is 0.556. The third-order valence-corrected chi connectivity index (χ3v) is 3.68.